The molecule has 4 nitrogen and oxygen atoms in total. The van der Waals surface area contributed by atoms with Crippen molar-refractivity contribution in [2.24, 2.45) is 0 Å². The normalized spacial score (nSPS) is 13.5. The number of oxazole rings is 1. The predicted octanol–water partition coefficient (Wildman–Crippen LogP) is 4.60. The van der Waals surface area contributed by atoms with Crippen molar-refractivity contribution in [3.05, 3.63) is 78.1 Å². The molecule has 0 unspecified atom stereocenters. The first kappa shape index (κ1) is 17.5. The molecular weight excluding hydrogens is 343 g/mol. The molecule has 1 heterocycles. The summed E-state index contributed by atoms with van der Waals surface area (Å²) in [6.45, 7) is 0.518. The van der Waals surface area contributed by atoms with Gasteiger partial charge in [0.1, 0.15) is 5.82 Å². The highest BCUT2D eigenvalue weighted by molar-refractivity contribution is 5.77. The lowest BCUT2D eigenvalue weighted by molar-refractivity contribution is -0.132. The summed E-state index contributed by atoms with van der Waals surface area (Å²) in [5.74, 6) is 1.10. The lowest BCUT2D eigenvalue weighted by Gasteiger charge is -2.22. The maximum Gasteiger partial charge on any atom is 0.223 e. The van der Waals surface area contributed by atoms with Gasteiger partial charge in [-0.15, -0.1) is 0 Å². The van der Waals surface area contributed by atoms with Crippen molar-refractivity contribution in [2.75, 3.05) is 0 Å². The third kappa shape index (κ3) is 4.42. The van der Waals surface area contributed by atoms with E-state index in [9.17, 15) is 9.18 Å². The molecular formula is C22H21FN2O2. The number of rotatable bonds is 7. The minimum atomic E-state index is -0.263. The molecule has 0 spiro atoms. The minimum Gasteiger partial charge on any atom is -0.441 e. The fraction of sp³-hybridized carbons (Fsp3) is 0.273. The van der Waals surface area contributed by atoms with Gasteiger partial charge in [-0.3, -0.25) is 4.79 Å². The van der Waals surface area contributed by atoms with Crippen molar-refractivity contribution in [2.45, 2.75) is 38.3 Å². The van der Waals surface area contributed by atoms with Gasteiger partial charge in [0.2, 0.25) is 5.91 Å². The topological polar surface area (TPSA) is 46.3 Å². The van der Waals surface area contributed by atoms with Crippen molar-refractivity contribution in [3.63, 3.8) is 0 Å². The van der Waals surface area contributed by atoms with Gasteiger partial charge < -0.3 is 9.32 Å². The van der Waals surface area contributed by atoms with E-state index >= 15 is 0 Å². The second kappa shape index (κ2) is 7.74. The molecule has 0 aliphatic heterocycles. The molecule has 3 aromatic rings. The Morgan fingerprint density at radius 3 is 2.56 bits per heavy atom. The van der Waals surface area contributed by atoms with Crippen LogP contribution in [0.1, 0.15) is 30.7 Å². The fourth-order valence-electron chi connectivity index (χ4n) is 3.11. The minimum absolute atomic E-state index is 0.0845. The largest absolute Gasteiger partial charge is 0.441 e. The van der Waals surface area contributed by atoms with Gasteiger partial charge in [0.25, 0.3) is 0 Å². The molecule has 1 saturated carbocycles. The number of carbonyl (C=O) groups is 1. The van der Waals surface area contributed by atoms with Gasteiger partial charge in [0.15, 0.2) is 11.7 Å². The molecule has 0 atom stereocenters. The van der Waals surface area contributed by atoms with Crippen LogP contribution in [0.3, 0.4) is 0 Å². The monoisotopic (exact) mass is 364 g/mol. The van der Waals surface area contributed by atoms with Gasteiger partial charge in [-0.05, 0) is 30.5 Å². The highest BCUT2D eigenvalue weighted by atomic mass is 19.1. The number of nitrogens with zero attached hydrogens (tertiary/aromatic N) is 2. The molecule has 1 aliphatic carbocycles. The summed E-state index contributed by atoms with van der Waals surface area (Å²) in [6.07, 6.45) is 4.59. The molecule has 5 heteroatoms. The summed E-state index contributed by atoms with van der Waals surface area (Å²) in [4.78, 5) is 18.9. The van der Waals surface area contributed by atoms with E-state index in [0.29, 0.717) is 37.1 Å². The molecule has 1 fully saturated rings. The Labute approximate surface area is 157 Å². The van der Waals surface area contributed by atoms with Crippen LogP contribution in [0, 0.1) is 5.82 Å². The van der Waals surface area contributed by atoms with Crippen molar-refractivity contribution < 1.29 is 13.6 Å². The van der Waals surface area contributed by atoms with E-state index in [4.69, 9.17) is 4.42 Å². The van der Waals surface area contributed by atoms with E-state index in [-0.39, 0.29) is 11.7 Å². The number of aromatic nitrogens is 1. The predicted molar refractivity (Wildman–Crippen MR) is 100 cm³/mol. The fourth-order valence-corrected chi connectivity index (χ4v) is 3.11. The van der Waals surface area contributed by atoms with Gasteiger partial charge in [0.05, 0.1) is 6.20 Å². The molecule has 1 aliphatic rings. The zero-order chi connectivity index (χ0) is 18.6. The molecule has 4 rings (SSSR count). The first-order valence-electron chi connectivity index (χ1n) is 9.23. The first-order chi connectivity index (χ1) is 13.2. The van der Waals surface area contributed by atoms with Crippen LogP contribution in [0.4, 0.5) is 4.39 Å². The summed E-state index contributed by atoms with van der Waals surface area (Å²) in [6, 6.07) is 16.4. The van der Waals surface area contributed by atoms with E-state index < -0.39 is 0 Å². The molecule has 1 amide bonds. The number of carbonyl (C=O) groups excluding carboxylic acids is 1. The number of amides is 1. The van der Waals surface area contributed by atoms with Crippen LogP contribution in [-0.2, 0) is 17.8 Å². The SMILES string of the molecule is O=C(CCc1ncc(-c2ccccc2)o1)N(Cc1ccc(F)cc1)C1CC1. The average Bonchev–Trinajstić information content (AvgIpc) is 3.43. The second-order valence-corrected chi connectivity index (χ2v) is 6.86. The van der Waals surface area contributed by atoms with Gasteiger partial charge >= 0.3 is 0 Å². The molecule has 0 saturated heterocycles. The van der Waals surface area contributed by atoms with Crippen LogP contribution in [0.25, 0.3) is 11.3 Å². The van der Waals surface area contributed by atoms with E-state index in [1.807, 2.05) is 35.2 Å². The molecule has 2 aromatic carbocycles. The van der Waals surface area contributed by atoms with Crippen LogP contribution < -0.4 is 0 Å². The van der Waals surface area contributed by atoms with Crippen molar-refractivity contribution in [3.8, 4) is 11.3 Å². The summed E-state index contributed by atoms with van der Waals surface area (Å²) in [5, 5.41) is 0. The molecule has 0 radical (unpaired) electrons. The Balaban J connectivity index is 1.37. The number of hydrogen-bond donors (Lipinski definition) is 0. The number of aryl methyl sites for hydroxylation is 1. The highest BCUT2D eigenvalue weighted by Gasteiger charge is 2.32. The molecule has 0 bridgehead atoms. The van der Waals surface area contributed by atoms with Crippen LogP contribution in [-0.4, -0.2) is 21.8 Å². The molecule has 27 heavy (non-hydrogen) atoms. The zero-order valence-electron chi connectivity index (χ0n) is 15.0. The Kier molecular flexibility index (Phi) is 5.01. The summed E-state index contributed by atoms with van der Waals surface area (Å²) >= 11 is 0. The van der Waals surface area contributed by atoms with Crippen molar-refractivity contribution >= 4 is 5.91 Å². The first-order valence-corrected chi connectivity index (χ1v) is 9.23. The van der Waals surface area contributed by atoms with E-state index in [1.165, 1.54) is 12.1 Å². The van der Waals surface area contributed by atoms with Gasteiger partial charge in [-0.1, -0.05) is 42.5 Å². The quantitative estimate of drug-likeness (QED) is 0.615. The smallest absolute Gasteiger partial charge is 0.223 e. The zero-order valence-corrected chi connectivity index (χ0v) is 15.0. The lowest BCUT2D eigenvalue weighted by atomic mass is 10.2. The summed E-state index contributed by atoms with van der Waals surface area (Å²) in [7, 11) is 0. The third-order valence-electron chi connectivity index (χ3n) is 4.74. The van der Waals surface area contributed by atoms with Gasteiger partial charge in [-0.2, -0.15) is 0 Å². The van der Waals surface area contributed by atoms with Crippen molar-refractivity contribution in [1.29, 1.82) is 0 Å². The van der Waals surface area contributed by atoms with E-state index in [0.717, 1.165) is 24.0 Å². The Hall–Kier alpha value is -2.95. The Bertz CT molecular complexity index is 902. The average molecular weight is 364 g/mol. The Morgan fingerprint density at radius 1 is 1.11 bits per heavy atom. The van der Waals surface area contributed by atoms with E-state index in [2.05, 4.69) is 4.98 Å². The van der Waals surface area contributed by atoms with Crippen LogP contribution in [0.5, 0.6) is 0 Å². The molecule has 138 valence electrons. The Morgan fingerprint density at radius 2 is 1.85 bits per heavy atom. The highest BCUT2D eigenvalue weighted by Crippen LogP contribution is 2.29. The third-order valence-corrected chi connectivity index (χ3v) is 4.74. The van der Waals surface area contributed by atoms with E-state index in [1.54, 1.807) is 18.3 Å². The van der Waals surface area contributed by atoms with Gasteiger partial charge in [0, 0.05) is 31.0 Å². The molecule has 0 N–H and O–H groups in total. The molecule has 1 aromatic heterocycles. The van der Waals surface area contributed by atoms with Crippen LogP contribution >= 0.6 is 0 Å². The van der Waals surface area contributed by atoms with Crippen LogP contribution in [0.15, 0.2) is 65.2 Å². The second-order valence-electron chi connectivity index (χ2n) is 6.86. The summed E-state index contributed by atoms with van der Waals surface area (Å²) in [5.41, 5.74) is 1.91. The van der Waals surface area contributed by atoms with Gasteiger partial charge in [-0.25, -0.2) is 9.37 Å². The number of halogens is 1. The van der Waals surface area contributed by atoms with Crippen molar-refractivity contribution in [1.82, 2.24) is 9.88 Å². The number of benzene rings is 2. The standard InChI is InChI=1S/C22H21FN2O2/c23-18-8-6-16(7-9-18)15-25(19-10-11-19)22(26)13-12-21-24-14-20(27-21)17-4-2-1-3-5-17/h1-9,14,19H,10-13,15H2. The summed E-state index contributed by atoms with van der Waals surface area (Å²) < 4.78 is 18.9. The maximum absolute atomic E-state index is 13.1. The lowest BCUT2D eigenvalue weighted by Crippen LogP contribution is -2.32. The van der Waals surface area contributed by atoms with Crippen LogP contribution in [0.2, 0.25) is 0 Å². The maximum atomic E-state index is 13.1. The number of hydrogen-bond acceptors (Lipinski definition) is 3.